The number of fused-ring (bicyclic) bond motifs is 1. The van der Waals surface area contributed by atoms with Gasteiger partial charge in [0.2, 0.25) is 5.91 Å². The number of nitriles is 1. The number of hydrogen-bond acceptors (Lipinski definition) is 4. The topological polar surface area (TPSA) is 70.4 Å². The highest BCUT2D eigenvalue weighted by atomic mass is 16.5. The normalized spacial score (nSPS) is 21.2. The zero-order valence-corrected chi connectivity index (χ0v) is 14.0. The lowest BCUT2D eigenvalue weighted by Crippen LogP contribution is -2.41. The fourth-order valence-corrected chi connectivity index (χ4v) is 3.02. The monoisotopic (exact) mass is 314 g/mol. The molecule has 0 bridgehead atoms. The Morgan fingerprint density at radius 1 is 1.39 bits per heavy atom. The van der Waals surface area contributed by atoms with Gasteiger partial charge in [0.05, 0.1) is 11.8 Å². The number of hydrogen-bond donors (Lipinski definition) is 0. The van der Waals surface area contributed by atoms with Gasteiger partial charge in [-0.2, -0.15) is 5.26 Å². The van der Waals surface area contributed by atoms with Crippen LogP contribution in [0.25, 0.3) is 0 Å². The van der Waals surface area contributed by atoms with Gasteiger partial charge < -0.3 is 4.74 Å². The van der Waals surface area contributed by atoms with Gasteiger partial charge in [-0.15, -0.1) is 0 Å². The number of esters is 1. The smallest absolute Gasteiger partial charge is 0.303 e. The average molecular weight is 314 g/mol. The Morgan fingerprint density at radius 3 is 2.61 bits per heavy atom. The second-order valence-electron chi connectivity index (χ2n) is 6.89. The molecule has 0 radical (unpaired) electrons. The first-order valence-electron chi connectivity index (χ1n) is 7.70. The van der Waals surface area contributed by atoms with Crippen molar-refractivity contribution in [2.75, 3.05) is 11.4 Å². The first-order valence-corrected chi connectivity index (χ1v) is 7.70. The highest BCUT2D eigenvalue weighted by Crippen LogP contribution is 2.43. The summed E-state index contributed by atoms with van der Waals surface area (Å²) < 4.78 is 5.50. The van der Waals surface area contributed by atoms with E-state index in [-0.39, 0.29) is 29.8 Å². The Hall–Kier alpha value is -2.35. The van der Waals surface area contributed by atoms with Crippen LogP contribution in [0.3, 0.4) is 0 Å². The van der Waals surface area contributed by atoms with E-state index < -0.39 is 6.10 Å². The first kappa shape index (κ1) is 17.0. The Morgan fingerprint density at radius 2 is 2.04 bits per heavy atom. The molecule has 5 nitrogen and oxygen atoms in total. The second kappa shape index (κ2) is 6.41. The predicted octanol–water partition coefficient (Wildman–Crippen LogP) is 3.21. The number of ether oxygens (including phenoxy) is 1. The standard InChI is InChI=1S/C18H22N2O3/c1-12(21)23-16-11-14(18(2,3)4)17(22)20(10-9-19)15-8-6-5-7-13(15)16/h5-8,14,16H,10-11H2,1-4H3. The maximum Gasteiger partial charge on any atom is 0.303 e. The molecule has 1 aromatic rings. The summed E-state index contributed by atoms with van der Waals surface area (Å²) in [5.41, 5.74) is 1.13. The van der Waals surface area contributed by atoms with E-state index in [1.54, 1.807) is 6.07 Å². The summed E-state index contributed by atoms with van der Waals surface area (Å²) in [7, 11) is 0. The molecule has 1 heterocycles. The highest BCUT2D eigenvalue weighted by molar-refractivity contribution is 5.97. The number of rotatable bonds is 2. The van der Waals surface area contributed by atoms with Crippen molar-refractivity contribution < 1.29 is 14.3 Å². The molecule has 1 aliphatic heterocycles. The summed E-state index contributed by atoms with van der Waals surface area (Å²) in [5.74, 6) is -0.813. The van der Waals surface area contributed by atoms with Gasteiger partial charge in [-0.05, 0) is 11.5 Å². The highest BCUT2D eigenvalue weighted by Gasteiger charge is 2.41. The van der Waals surface area contributed by atoms with Crippen molar-refractivity contribution in [2.24, 2.45) is 11.3 Å². The zero-order chi connectivity index (χ0) is 17.2. The Kier molecular flexibility index (Phi) is 4.74. The lowest BCUT2D eigenvalue weighted by Gasteiger charge is -2.32. The van der Waals surface area contributed by atoms with E-state index in [2.05, 4.69) is 6.07 Å². The maximum atomic E-state index is 13.0. The molecule has 1 amide bonds. The number of carbonyl (C=O) groups excluding carboxylic acids is 2. The SMILES string of the molecule is CC(=O)OC1CC(C(C)(C)C)C(=O)N(CC#N)c2ccccc21. The largest absolute Gasteiger partial charge is 0.458 e. The molecule has 1 aromatic carbocycles. The molecule has 2 unspecified atom stereocenters. The molecule has 23 heavy (non-hydrogen) atoms. The number of benzene rings is 1. The van der Waals surface area contributed by atoms with Crippen molar-refractivity contribution in [3.63, 3.8) is 0 Å². The Labute approximate surface area is 136 Å². The summed E-state index contributed by atoms with van der Waals surface area (Å²) in [6.07, 6.45) is -0.0681. The van der Waals surface area contributed by atoms with E-state index in [4.69, 9.17) is 10.00 Å². The van der Waals surface area contributed by atoms with Gasteiger partial charge in [-0.3, -0.25) is 14.5 Å². The summed E-state index contributed by atoms with van der Waals surface area (Å²) >= 11 is 0. The van der Waals surface area contributed by atoms with Crippen LogP contribution < -0.4 is 4.90 Å². The van der Waals surface area contributed by atoms with Crippen LogP contribution >= 0.6 is 0 Å². The second-order valence-corrected chi connectivity index (χ2v) is 6.89. The Balaban J connectivity index is 2.58. The summed E-state index contributed by atoms with van der Waals surface area (Å²) in [6, 6.07) is 9.38. The zero-order valence-electron chi connectivity index (χ0n) is 14.0. The molecule has 2 rings (SSSR count). The molecule has 0 saturated heterocycles. The predicted molar refractivity (Wildman–Crippen MR) is 86.5 cm³/mol. The van der Waals surface area contributed by atoms with E-state index in [0.717, 1.165) is 5.56 Å². The van der Waals surface area contributed by atoms with Gasteiger partial charge in [-0.25, -0.2) is 0 Å². The van der Waals surface area contributed by atoms with Gasteiger partial charge in [0.1, 0.15) is 12.6 Å². The summed E-state index contributed by atoms with van der Waals surface area (Å²) in [4.78, 5) is 26.0. The molecule has 0 N–H and O–H groups in total. The lowest BCUT2D eigenvalue weighted by atomic mass is 9.76. The molecule has 0 spiro atoms. The van der Waals surface area contributed by atoms with E-state index >= 15 is 0 Å². The number of anilines is 1. The van der Waals surface area contributed by atoms with Crippen molar-refractivity contribution in [1.82, 2.24) is 0 Å². The molecule has 1 aliphatic rings. The van der Waals surface area contributed by atoms with Crippen molar-refractivity contribution in [3.8, 4) is 6.07 Å². The van der Waals surface area contributed by atoms with Gasteiger partial charge in [-0.1, -0.05) is 39.0 Å². The quantitative estimate of drug-likeness (QED) is 0.621. The van der Waals surface area contributed by atoms with Crippen LogP contribution in [0.4, 0.5) is 5.69 Å². The number of para-hydroxylation sites is 1. The molecule has 122 valence electrons. The van der Waals surface area contributed by atoms with Crippen LogP contribution in [0.2, 0.25) is 0 Å². The van der Waals surface area contributed by atoms with Crippen LogP contribution in [-0.4, -0.2) is 18.4 Å². The fraction of sp³-hybridized carbons (Fsp3) is 0.500. The minimum absolute atomic E-state index is 0.0186. The van der Waals surface area contributed by atoms with E-state index in [0.29, 0.717) is 12.1 Å². The van der Waals surface area contributed by atoms with Gasteiger partial charge in [0.25, 0.3) is 0 Å². The van der Waals surface area contributed by atoms with Crippen molar-refractivity contribution >= 4 is 17.6 Å². The lowest BCUT2D eigenvalue weighted by molar-refractivity contribution is -0.149. The minimum atomic E-state index is -0.486. The van der Waals surface area contributed by atoms with E-state index in [1.165, 1.54) is 11.8 Å². The molecule has 0 saturated carbocycles. The fourth-order valence-electron chi connectivity index (χ4n) is 3.02. The van der Waals surface area contributed by atoms with Crippen LogP contribution in [0.1, 0.15) is 45.8 Å². The van der Waals surface area contributed by atoms with Crippen molar-refractivity contribution in [1.29, 1.82) is 5.26 Å². The van der Waals surface area contributed by atoms with Gasteiger partial charge >= 0.3 is 5.97 Å². The van der Waals surface area contributed by atoms with Crippen molar-refractivity contribution in [3.05, 3.63) is 29.8 Å². The van der Waals surface area contributed by atoms with Crippen molar-refractivity contribution in [2.45, 2.75) is 40.2 Å². The third kappa shape index (κ3) is 3.53. The molecule has 0 aromatic heterocycles. The van der Waals surface area contributed by atoms with Gasteiger partial charge in [0.15, 0.2) is 0 Å². The average Bonchev–Trinajstić information content (AvgIpc) is 2.57. The summed E-state index contributed by atoms with van der Waals surface area (Å²) in [5, 5.41) is 9.12. The Bertz CT molecular complexity index is 655. The number of amides is 1. The van der Waals surface area contributed by atoms with E-state index in [1.807, 2.05) is 39.0 Å². The van der Waals surface area contributed by atoms with Crippen LogP contribution in [0, 0.1) is 22.7 Å². The van der Waals surface area contributed by atoms with Crippen LogP contribution in [0.5, 0.6) is 0 Å². The molecule has 0 fully saturated rings. The number of nitrogens with zero attached hydrogens (tertiary/aromatic N) is 2. The van der Waals surface area contributed by atoms with Gasteiger partial charge in [0, 0.05) is 24.8 Å². The molecule has 0 aliphatic carbocycles. The molecule has 2 atom stereocenters. The third-order valence-corrected chi connectivity index (χ3v) is 4.17. The minimum Gasteiger partial charge on any atom is -0.458 e. The first-order chi connectivity index (χ1) is 10.8. The number of carbonyl (C=O) groups is 2. The molecular formula is C18H22N2O3. The summed E-state index contributed by atoms with van der Waals surface area (Å²) in [6.45, 7) is 7.31. The third-order valence-electron chi connectivity index (χ3n) is 4.17. The maximum absolute atomic E-state index is 13.0. The molecule has 5 heteroatoms. The molecular weight excluding hydrogens is 292 g/mol. The van der Waals surface area contributed by atoms with Crippen LogP contribution in [-0.2, 0) is 14.3 Å². The van der Waals surface area contributed by atoms with E-state index in [9.17, 15) is 9.59 Å². The van der Waals surface area contributed by atoms with Crippen LogP contribution in [0.15, 0.2) is 24.3 Å².